The molecule has 2 aliphatic rings. The number of ether oxygens (including phenoxy) is 3. The lowest BCUT2D eigenvalue weighted by molar-refractivity contribution is -0.271. The van der Waals surface area contributed by atoms with Crippen molar-refractivity contribution in [2.24, 2.45) is 0 Å². The number of alkyl carbamates (subject to hydrolysis) is 1. The minimum atomic E-state index is -4.66. The highest BCUT2D eigenvalue weighted by Gasteiger charge is 2.48. The maximum Gasteiger partial charge on any atom is 0.407 e. The van der Waals surface area contributed by atoms with E-state index in [2.05, 4.69) is 16.0 Å². The number of aliphatic hydroxyl groups excluding tert-OH is 3. The van der Waals surface area contributed by atoms with Crippen LogP contribution in [0.4, 0.5) is 4.79 Å². The molecule has 2 aliphatic heterocycles. The number of aryl methyl sites for hydroxylation is 1. The molecular formula is C33H46N4O16S. The maximum absolute atomic E-state index is 12.8. The fraction of sp³-hybridized carbons (Fsp3) is 0.576. The first-order chi connectivity index (χ1) is 25.5. The number of rotatable bonds is 21. The normalized spacial score (nSPS) is 21.7. The van der Waals surface area contributed by atoms with E-state index in [0.717, 1.165) is 4.90 Å². The number of carbonyl (C=O) groups is 6. The van der Waals surface area contributed by atoms with E-state index in [-0.39, 0.29) is 43.7 Å². The number of benzene rings is 1. The van der Waals surface area contributed by atoms with Crippen LogP contribution >= 0.6 is 0 Å². The van der Waals surface area contributed by atoms with Gasteiger partial charge < -0.3 is 50.6 Å². The Kier molecular flexibility index (Phi) is 16.8. The Hall–Kier alpha value is -4.67. The molecule has 0 aliphatic carbocycles. The van der Waals surface area contributed by atoms with Crippen LogP contribution in [0.2, 0.25) is 0 Å². The summed E-state index contributed by atoms with van der Waals surface area (Å²) >= 11 is 0. The number of aliphatic carboxylic acids is 1. The second kappa shape index (κ2) is 20.7. The van der Waals surface area contributed by atoms with Gasteiger partial charge in [-0.3, -0.25) is 28.6 Å². The highest BCUT2D eigenvalue weighted by molar-refractivity contribution is 7.85. The molecule has 1 unspecified atom stereocenters. The molecule has 1 saturated heterocycles. The second-order valence-corrected chi connectivity index (χ2v) is 14.0. The summed E-state index contributed by atoms with van der Waals surface area (Å²) in [5.41, 5.74) is 1.12. The van der Waals surface area contributed by atoms with E-state index in [4.69, 9.17) is 14.2 Å². The number of unbranched alkanes of at least 4 members (excludes halogenated alkanes) is 4. The Morgan fingerprint density at radius 1 is 0.926 bits per heavy atom. The summed E-state index contributed by atoms with van der Waals surface area (Å²) < 4.78 is 48.5. The van der Waals surface area contributed by atoms with Gasteiger partial charge >= 0.3 is 12.1 Å². The summed E-state index contributed by atoms with van der Waals surface area (Å²) in [6, 6.07) is 2.91. The number of aliphatic hydroxyl groups is 3. The number of amides is 5. The number of imide groups is 1. The third-order valence-corrected chi connectivity index (χ3v) is 9.20. The van der Waals surface area contributed by atoms with Crippen LogP contribution < -0.4 is 20.7 Å². The summed E-state index contributed by atoms with van der Waals surface area (Å²) in [7, 11) is -3.28. The van der Waals surface area contributed by atoms with Crippen LogP contribution in [0.5, 0.6) is 5.75 Å². The lowest BCUT2D eigenvalue weighted by Crippen LogP contribution is -2.61. The molecule has 6 atom stereocenters. The minimum absolute atomic E-state index is 0.0351. The minimum Gasteiger partial charge on any atom is -0.479 e. The van der Waals surface area contributed by atoms with Crippen molar-refractivity contribution in [2.75, 3.05) is 25.9 Å². The second-order valence-electron chi connectivity index (χ2n) is 12.6. The average molecular weight is 787 g/mol. The molecule has 1 fully saturated rings. The Morgan fingerprint density at radius 3 is 2.26 bits per heavy atom. The van der Waals surface area contributed by atoms with Crippen molar-refractivity contribution < 1.29 is 76.4 Å². The third-order valence-electron chi connectivity index (χ3n) is 8.44. The molecule has 5 amide bonds. The van der Waals surface area contributed by atoms with Gasteiger partial charge in [0, 0.05) is 38.7 Å². The van der Waals surface area contributed by atoms with Gasteiger partial charge in [0.2, 0.25) is 18.1 Å². The SMILES string of the molecule is CNC(=O)OCc1ccc(O[C@@H]2O[C@H](C(=O)O)[C@@H](O)[C@H](O)[C@H]2O)cc1CCCCNC(=O)C(CS(=O)(=O)O)NC(=O)CCCCCCN1C(=O)C=CC1=O. The Labute approximate surface area is 310 Å². The van der Waals surface area contributed by atoms with Gasteiger partial charge in [-0.25, -0.2) is 9.59 Å². The third kappa shape index (κ3) is 13.6. The van der Waals surface area contributed by atoms with Gasteiger partial charge in [0.1, 0.15) is 42.5 Å². The smallest absolute Gasteiger partial charge is 0.407 e. The van der Waals surface area contributed by atoms with E-state index in [9.17, 15) is 62.2 Å². The number of nitrogens with one attached hydrogen (secondary N) is 3. The Balaban J connectivity index is 1.52. The predicted molar refractivity (Wildman–Crippen MR) is 184 cm³/mol. The van der Waals surface area contributed by atoms with Crippen molar-refractivity contribution in [1.29, 1.82) is 0 Å². The van der Waals surface area contributed by atoms with Gasteiger partial charge in [0.05, 0.1) is 0 Å². The van der Waals surface area contributed by atoms with Crippen LogP contribution in [0.15, 0.2) is 30.4 Å². The van der Waals surface area contributed by atoms with Crippen LogP contribution in [-0.2, 0) is 56.6 Å². The summed E-state index contributed by atoms with van der Waals surface area (Å²) in [5.74, 6) is -4.78. The number of nitrogens with zero attached hydrogens (tertiary/aromatic N) is 1. The van der Waals surface area contributed by atoms with Crippen molar-refractivity contribution >= 4 is 45.8 Å². The first-order valence-electron chi connectivity index (χ1n) is 17.1. The molecule has 0 aromatic heterocycles. The Morgan fingerprint density at radius 2 is 1.61 bits per heavy atom. The Bertz CT molecular complexity index is 1640. The van der Waals surface area contributed by atoms with E-state index >= 15 is 0 Å². The van der Waals surface area contributed by atoms with Crippen molar-refractivity contribution in [1.82, 2.24) is 20.9 Å². The van der Waals surface area contributed by atoms with Gasteiger partial charge in [0.25, 0.3) is 21.9 Å². The fourth-order valence-corrected chi connectivity index (χ4v) is 6.20. The van der Waals surface area contributed by atoms with Crippen LogP contribution in [0, 0.1) is 0 Å². The van der Waals surface area contributed by atoms with Gasteiger partial charge in [-0.05, 0) is 55.4 Å². The lowest BCUT2D eigenvalue weighted by Gasteiger charge is -2.38. The molecular weight excluding hydrogens is 740 g/mol. The van der Waals surface area contributed by atoms with Crippen LogP contribution in [0.3, 0.4) is 0 Å². The van der Waals surface area contributed by atoms with E-state index in [1.807, 2.05) is 0 Å². The summed E-state index contributed by atoms with van der Waals surface area (Å²) in [5, 5.41) is 46.9. The standard InChI is InChI=1S/C33H46N4O16S/c1-34-33(47)51-17-20-10-11-21(52-32-28(43)26(41)27(42)29(53-32)31(45)46)16-19(20)8-5-6-14-35-30(44)22(18-54(48,49)50)36-23(38)9-4-2-3-7-15-37-24(39)12-13-25(37)40/h10-13,16,22,26-29,32,41-43H,2-9,14-15,17-18H2,1H3,(H,34,47)(H,35,44)(H,36,38)(H,45,46)(H,48,49,50)/t22?,26-,27-,28+,29-,32+/m0/s1. The summed E-state index contributed by atoms with van der Waals surface area (Å²) in [4.78, 5) is 72.8. The molecule has 8 N–H and O–H groups in total. The van der Waals surface area contributed by atoms with Crippen LogP contribution in [0.25, 0.3) is 0 Å². The molecule has 0 spiro atoms. The van der Waals surface area contributed by atoms with Crippen molar-refractivity contribution in [3.8, 4) is 5.75 Å². The molecule has 54 heavy (non-hydrogen) atoms. The molecule has 1 aromatic rings. The van der Waals surface area contributed by atoms with Gasteiger partial charge in [-0.2, -0.15) is 8.42 Å². The summed E-state index contributed by atoms with van der Waals surface area (Å²) in [6.07, 6.45) is -4.37. The van der Waals surface area contributed by atoms with Gasteiger partial charge in [-0.15, -0.1) is 0 Å². The van der Waals surface area contributed by atoms with E-state index in [1.54, 1.807) is 6.07 Å². The molecule has 0 bridgehead atoms. The molecule has 3 rings (SSSR count). The molecule has 1 aromatic carbocycles. The maximum atomic E-state index is 12.8. The van der Waals surface area contributed by atoms with Crippen molar-refractivity contribution in [3.05, 3.63) is 41.5 Å². The highest BCUT2D eigenvalue weighted by Crippen LogP contribution is 2.27. The fourth-order valence-electron chi connectivity index (χ4n) is 5.54. The van der Waals surface area contributed by atoms with Crippen LogP contribution in [0.1, 0.15) is 56.1 Å². The lowest BCUT2D eigenvalue weighted by atomic mass is 9.99. The average Bonchev–Trinajstić information content (AvgIpc) is 3.43. The largest absolute Gasteiger partial charge is 0.479 e. The number of carboxylic acids is 1. The summed E-state index contributed by atoms with van der Waals surface area (Å²) in [6.45, 7) is 0.125. The molecule has 20 nitrogen and oxygen atoms in total. The molecule has 21 heteroatoms. The number of carbonyl (C=O) groups excluding carboxylic acids is 5. The topological polar surface area (TPSA) is 305 Å². The number of hydrogen-bond donors (Lipinski definition) is 8. The monoisotopic (exact) mass is 786 g/mol. The highest BCUT2D eigenvalue weighted by atomic mass is 32.2. The predicted octanol–water partition coefficient (Wildman–Crippen LogP) is -1.50. The molecule has 0 saturated carbocycles. The molecule has 0 radical (unpaired) electrons. The number of carboxylic acid groups (broad SMARTS) is 1. The van der Waals surface area contributed by atoms with Gasteiger partial charge in [0.15, 0.2) is 6.10 Å². The molecule has 2 heterocycles. The van der Waals surface area contributed by atoms with E-state index in [1.165, 1.54) is 31.3 Å². The van der Waals surface area contributed by atoms with Crippen molar-refractivity contribution in [2.45, 2.75) is 94.7 Å². The zero-order valence-corrected chi connectivity index (χ0v) is 30.2. The van der Waals surface area contributed by atoms with E-state index in [0.29, 0.717) is 56.1 Å². The zero-order chi connectivity index (χ0) is 40.0. The number of hydrogen-bond acceptors (Lipinski definition) is 14. The van der Waals surface area contributed by atoms with Crippen LogP contribution in [-0.4, -0.2) is 137 Å². The zero-order valence-electron chi connectivity index (χ0n) is 29.4. The van der Waals surface area contributed by atoms with Gasteiger partial charge in [-0.1, -0.05) is 18.9 Å². The first-order valence-corrected chi connectivity index (χ1v) is 18.7. The van der Waals surface area contributed by atoms with Crippen molar-refractivity contribution in [3.63, 3.8) is 0 Å². The molecule has 300 valence electrons. The first kappa shape index (κ1) is 43.7. The quantitative estimate of drug-likeness (QED) is 0.0400. The van der Waals surface area contributed by atoms with E-state index < -0.39 is 76.5 Å².